The van der Waals surface area contributed by atoms with Gasteiger partial charge in [0.2, 0.25) is 0 Å². The maximum Gasteiger partial charge on any atom is 0.345 e. The van der Waals surface area contributed by atoms with Crippen LogP contribution < -0.4 is 21.1 Å². The predicted octanol–water partition coefficient (Wildman–Crippen LogP) is 2.15. The molecule has 2 aromatic rings. The maximum atomic E-state index is 12.3. The van der Waals surface area contributed by atoms with Gasteiger partial charge in [-0.1, -0.05) is 12.1 Å². The highest BCUT2D eigenvalue weighted by Crippen LogP contribution is 2.12. The molecule has 1 aliphatic heterocycles. The Morgan fingerprint density at radius 3 is 2.72 bits per heavy atom. The van der Waals surface area contributed by atoms with Crippen LogP contribution in [0.5, 0.6) is 5.75 Å². The van der Waals surface area contributed by atoms with Gasteiger partial charge in [0.25, 0.3) is 0 Å². The molecule has 9 heteroatoms. The third-order valence-electron chi connectivity index (χ3n) is 4.79. The van der Waals surface area contributed by atoms with Gasteiger partial charge in [-0.2, -0.15) is 5.10 Å². The molecule has 0 radical (unpaired) electrons. The number of methoxy groups -OCH3 is 1. The SMILES string of the molecule is CCNC(=NCc1ccc(OC)cc1)NCCCn1nc2n(c1=O)CCCC2.I. The summed E-state index contributed by atoms with van der Waals surface area (Å²) < 4.78 is 8.60. The van der Waals surface area contributed by atoms with Crippen LogP contribution in [0.25, 0.3) is 0 Å². The second-order valence-electron chi connectivity index (χ2n) is 6.85. The lowest BCUT2D eigenvalue weighted by Crippen LogP contribution is -2.38. The molecule has 29 heavy (non-hydrogen) atoms. The monoisotopic (exact) mass is 514 g/mol. The predicted molar refractivity (Wildman–Crippen MR) is 125 cm³/mol. The number of aromatic nitrogens is 3. The summed E-state index contributed by atoms with van der Waals surface area (Å²) in [5.41, 5.74) is 1.14. The van der Waals surface area contributed by atoms with E-state index >= 15 is 0 Å². The van der Waals surface area contributed by atoms with E-state index in [9.17, 15) is 4.79 Å². The van der Waals surface area contributed by atoms with E-state index in [0.29, 0.717) is 13.1 Å². The zero-order valence-electron chi connectivity index (χ0n) is 17.2. The van der Waals surface area contributed by atoms with E-state index < -0.39 is 0 Å². The Bertz CT molecular complexity index is 844. The highest BCUT2D eigenvalue weighted by molar-refractivity contribution is 14.0. The fourth-order valence-corrected chi connectivity index (χ4v) is 3.27. The van der Waals surface area contributed by atoms with Gasteiger partial charge in [0.05, 0.1) is 13.7 Å². The summed E-state index contributed by atoms with van der Waals surface area (Å²) in [6.07, 6.45) is 3.90. The summed E-state index contributed by atoms with van der Waals surface area (Å²) in [6.45, 7) is 5.57. The molecule has 0 fully saturated rings. The van der Waals surface area contributed by atoms with E-state index in [1.165, 1.54) is 0 Å². The van der Waals surface area contributed by atoms with Crippen LogP contribution in [0.1, 0.15) is 37.6 Å². The number of aryl methyl sites for hydroxylation is 2. The molecule has 3 rings (SSSR count). The topological polar surface area (TPSA) is 85.5 Å². The minimum atomic E-state index is 0. The molecule has 0 bridgehead atoms. The van der Waals surface area contributed by atoms with Gasteiger partial charge in [0.1, 0.15) is 11.6 Å². The van der Waals surface area contributed by atoms with Crippen LogP contribution in [0.15, 0.2) is 34.1 Å². The standard InChI is InChI=1S/C20H30N6O2.HI/c1-3-21-19(23-15-16-8-10-17(28-2)11-9-16)22-12-6-14-26-20(27)25-13-5-4-7-18(25)24-26;/h8-11H,3-7,12-15H2,1-2H3,(H2,21,22,23);1H. The molecule has 160 valence electrons. The molecule has 0 aliphatic carbocycles. The van der Waals surface area contributed by atoms with Crippen LogP contribution in [-0.4, -0.2) is 40.5 Å². The molecule has 0 saturated carbocycles. The Morgan fingerprint density at radius 1 is 1.24 bits per heavy atom. The van der Waals surface area contributed by atoms with Crippen LogP contribution in [0.3, 0.4) is 0 Å². The average molecular weight is 514 g/mol. The van der Waals surface area contributed by atoms with Crippen molar-refractivity contribution >= 4 is 29.9 Å². The van der Waals surface area contributed by atoms with E-state index in [2.05, 4.69) is 20.7 Å². The summed E-state index contributed by atoms with van der Waals surface area (Å²) in [7, 11) is 1.66. The van der Waals surface area contributed by atoms with Crippen LogP contribution in [-0.2, 0) is 26.1 Å². The van der Waals surface area contributed by atoms with Crippen molar-refractivity contribution in [1.82, 2.24) is 25.0 Å². The Balaban J connectivity index is 0.00000300. The Kier molecular flexibility index (Phi) is 9.49. The molecule has 1 aromatic carbocycles. The zero-order chi connectivity index (χ0) is 19.8. The number of aliphatic imine (C=N–C) groups is 1. The van der Waals surface area contributed by atoms with E-state index in [-0.39, 0.29) is 29.7 Å². The Hall–Kier alpha value is -2.04. The third kappa shape index (κ3) is 6.48. The molecule has 2 heterocycles. The van der Waals surface area contributed by atoms with E-state index in [4.69, 9.17) is 4.74 Å². The molecule has 0 amide bonds. The van der Waals surface area contributed by atoms with Crippen LogP contribution in [0.4, 0.5) is 0 Å². The van der Waals surface area contributed by atoms with Crippen molar-refractivity contribution in [3.8, 4) is 5.75 Å². The molecule has 8 nitrogen and oxygen atoms in total. The van der Waals surface area contributed by atoms with E-state index in [1.54, 1.807) is 11.8 Å². The summed E-state index contributed by atoms with van der Waals surface area (Å²) >= 11 is 0. The summed E-state index contributed by atoms with van der Waals surface area (Å²) in [5.74, 6) is 2.54. The van der Waals surface area contributed by atoms with Gasteiger partial charge in [-0.15, -0.1) is 24.0 Å². The second kappa shape index (κ2) is 11.8. The third-order valence-corrected chi connectivity index (χ3v) is 4.79. The van der Waals surface area contributed by atoms with Crippen LogP contribution in [0.2, 0.25) is 0 Å². The number of guanidine groups is 1. The highest BCUT2D eigenvalue weighted by atomic mass is 127. The van der Waals surface area contributed by atoms with E-state index in [0.717, 1.165) is 68.4 Å². The first kappa shape index (κ1) is 23.2. The number of halogens is 1. The van der Waals surface area contributed by atoms with Crippen molar-refractivity contribution in [3.05, 3.63) is 46.1 Å². The van der Waals surface area contributed by atoms with Gasteiger partial charge in [-0.3, -0.25) is 4.57 Å². The lowest BCUT2D eigenvalue weighted by molar-refractivity contribution is 0.414. The number of rotatable bonds is 8. The van der Waals surface area contributed by atoms with Gasteiger partial charge >= 0.3 is 5.69 Å². The molecule has 1 aromatic heterocycles. The molecule has 0 spiro atoms. The summed E-state index contributed by atoms with van der Waals surface area (Å²) in [6, 6.07) is 7.90. The minimum Gasteiger partial charge on any atom is -0.497 e. The number of benzene rings is 1. The first-order valence-electron chi connectivity index (χ1n) is 10.0. The molecule has 2 N–H and O–H groups in total. The number of hydrogen-bond acceptors (Lipinski definition) is 4. The van der Waals surface area contributed by atoms with Crippen LogP contribution >= 0.6 is 24.0 Å². The lowest BCUT2D eigenvalue weighted by atomic mass is 10.2. The van der Waals surface area contributed by atoms with Gasteiger partial charge < -0.3 is 15.4 Å². The molecule has 0 unspecified atom stereocenters. The molecular formula is C20H31IN6O2. The molecule has 1 aliphatic rings. The Morgan fingerprint density at radius 2 is 2.03 bits per heavy atom. The number of nitrogens with one attached hydrogen (secondary N) is 2. The number of hydrogen-bond donors (Lipinski definition) is 2. The number of fused-ring (bicyclic) bond motifs is 1. The fourth-order valence-electron chi connectivity index (χ4n) is 3.27. The van der Waals surface area contributed by atoms with Crippen LogP contribution in [0, 0.1) is 0 Å². The second-order valence-corrected chi connectivity index (χ2v) is 6.85. The molecule has 0 saturated heterocycles. The van der Waals surface area contributed by atoms with Gasteiger partial charge in [0, 0.05) is 32.6 Å². The fraction of sp³-hybridized carbons (Fsp3) is 0.550. The normalized spacial score (nSPS) is 13.4. The summed E-state index contributed by atoms with van der Waals surface area (Å²) in [5, 5.41) is 11.1. The first-order chi connectivity index (χ1) is 13.7. The Labute approximate surface area is 188 Å². The van der Waals surface area contributed by atoms with Crippen molar-refractivity contribution in [1.29, 1.82) is 0 Å². The first-order valence-corrected chi connectivity index (χ1v) is 10.0. The van der Waals surface area contributed by atoms with Gasteiger partial charge in [-0.05, 0) is 43.9 Å². The molecule has 0 atom stereocenters. The summed E-state index contributed by atoms with van der Waals surface area (Å²) in [4.78, 5) is 17.0. The smallest absolute Gasteiger partial charge is 0.345 e. The quantitative estimate of drug-likeness (QED) is 0.244. The number of nitrogens with zero attached hydrogens (tertiary/aromatic N) is 4. The number of ether oxygens (including phenoxy) is 1. The van der Waals surface area contributed by atoms with Crippen molar-refractivity contribution in [2.75, 3.05) is 20.2 Å². The molecular weight excluding hydrogens is 483 g/mol. The van der Waals surface area contributed by atoms with Crippen molar-refractivity contribution < 1.29 is 4.74 Å². The lowest BCUT2D eigenvalue weighted by Gasteiger charge is -2.11. The van der Waals surface area contributed by atoms with Crippen molar-refractivity contribution in [2.24, 2.45) is 4.99 Å². The maximum absolute atomic E-state index is 12.3. The van der Waals surface area contributed by atoms with Gasteiger partial charge in [0.15, 0.2) is 5.96 Å². The van der Waals surface area contributed by atoms with Crippen molar-refractivity contribution in [3.63, 3.8) is 0 Å². The van der Waals surface area contributed by atoms with Gasteiger partial charge in [-0.25, -0.2) is 14.5 Å². The largest absolute Gasteiger partial charge is 0.497 e. The zero-order valence-corrected chi connectivity index (χ0v) is 19.5. The average Bonchev–Trinajstić information content (AvgIpc) is 3.05. The van der Waals surface area contributed by atoms with Crippen molar-refractivity contribution in [2.45, 2.75) is 52.2 Å². The highest BCUT2D eigenvalue weighted by Gasteiger charge is 2.16. The van der Waals surface area contributed by atoms with E-state index in [1.807, 2.05) is 35.8 Å². The minimum absolute atomic E-state index is 0.